The fraction of sp³-hybridized carbons (Fsp3) is 0.296. The van der Waals surface area contributed by atoms with Gasteiger partial charge in [0.2, 0.25) is 5.91 Å². The molecule has 0 spiro atoms. The average Bonchev–Trinajstić information content (AvgIpc) is 2.92. The van der Waals surface area contributed by atoms with E-state index in [1.807, 2.05) is 24.3 Å². The predicted molar refractivity (Wildman–Crippen MR) is 143 cm³/mol. The molecule has 1 aliphatic rings. The molecule has 0 radical (unpaired) electrons. The van der Waals surface area contributed by atoms with Gasteiger partial charge in [0, 0.05) is 31.2 Å². The fourth-order valence-electron chi connectivity index (χ4n) is 3.99. The largest absolute Gasteiger partial charge is 0.497 e. The summed E-state index contributed by atoms with van der Waals surface area (Å²) in [6.45, 7) is 4.08. The Kier molecular flexibility index (Phi) is 9.04. The molecule has 4 rings (SSSR count). The van der Waals surface area contributed by atoms with Crippen LogP contribution in [0.5, 0.6) is 5.75 Å². The van der Waals surface area contributed by atoms with Crippen molar-refractivity contribution in [1.29, 1.82) is 0 Å². The highest BCUT2D eigenvalue weighted by atomic mass is 35.5. The smallest absolute Gasteiger partial charge is 0.264 e. The minimum absolute atomic E-state index is 0.0388. The van der Waals surface area contributed by atoms with E-state index in [1.54, 1.807) is 30.3 Å². The highest BCUT2D eigenvalue weighted by molar-refractivity contribution is 7.92. The number of ether oxygens (including phenoxy) is 2. The Morgan fingerprint density at radius 1 is 1.03 bits per heavy atom. The predicted octanol–water partition coefficient (Wildman–Crippen LogP) is 3.69. The normalized spacial score (nSPS) is 14.2. The summed E-state index contributed by atoms with van der Waals surface area (Å²) >= 11 is 6.13. The maximum Gasteiger partial charge on any atom is 0.264 e. The van der Waals surface area contributed by atoms with Crippen molar-refractivity contribution in [3.63, 3.8) is 0 Å². The number of carbonyl (C=O) groups excluding carboxylic acids is 1. The van der Waals surface area contributed by atoms with E-state index in [0.29, 0.717) is 16.5 Å². The molecular weight excluding hydrogens is 514 g/mol. The molecule has 0 aromatic heterocycles. The number of rotatable bonds is 10. The Balaban J connectivity index is 1.43. The monoisotopic (exact) mass is 543 g/mol. The molecule has 1 N–H and O–H groups in total. The first kappa shape index (κ1) is 26.9. The zero-order chi connectivity index (χ0) is 26.3. The lowest BCUT2D eigenvalue weighted by Crippen LogP contribution is -2.40. The van der Waals surface area contributed by atoms with E-state index in [9.17, 15) is 13.2 Å². The molecule has 37 heavy (non-hydrogen) atoms. The maximum absolute atomic E-state index is 13.5. The third kappa shape index (κ3) is 7.23. The molecule has 1 aliphatic heterocycles. The number of morpholine rings is 1. The summed E-state index contributed by atoms with van der Waals surface area (Å²) in [5, 5.41) is 3.20. The Morgan fingerprint density at radius 3 is 2.35 bits per heavy atom. The van der Waals surface area contributed by atoms with Crippen LogP contribution in [0.2, 0.25) is 5.02 Å². The molecule has 0 bridgehead atoms. The van der Waals surface area contributed by atoms with Gasteiger partial charge < -0.3 is 14.8 Å². The zero-order valence-electron chi connectivity index (χ0n) is 20.6. The number of hydrogen-bond acceptors (Lipinski definition) is 6. The molecule has 0 aliphatic carbocycles. The van der Waals surface area contributed by atoms with Gasteiger partial charge in [0.05, 0.1) is 30.9 Å². The Morgan fingerprint density at radius 2 is 1.70 bits per heavy atom. The van der Waals surface area contributed by atoms with Gasteiger partial charge in [0.15, 0.2) is 0 Å². The van der Waals surface area contributed by atoms with Crippen molar-refractivity contribution in [3.05, 3.63) is 88.9 Å². The number of halogens is 1. The van der Waals surface area contributed by atoms with E-state index in [2.05, 4.69) is 10.2 Å². The summed E-state index contributed by atoms with van der Waals surface area (Å²) in [5.74, 6) is 0.0939. The summed E-state index contributed by atoms with van der Waals surface area (Å²) in [5.41, 5.74) is 2.41. The lowest BCUT2D eigenvalue weighted by atomic mass is 10.1. The van der Waals surface area contributed by atoms with Crippen LogP contribution in [-0.2, 0) is 32.6 Å². The van der Waals surface area contributed by atoms with E-state index in [0.717, 1.165) is 42.7 Å². The van der Waals surface area contributed by atoms with Gasteiger partial charge in [-0.2, -0.15) is 0 Å². The van der Waals surface area contributed by atoms with Crippen molar-refractivity contribution in [3.8, 4) is 5.75 Å². The molecule has 0 atom stereocenters. The second kappa shape index (κ2) is 12.4. The summed E-state index contributed by atoms with van der Waals surface area (Å²) in [4.78, 5) is 15.3. The fourth-order valence-corrected chi connectivity index (χ4v) is 5.59. The summed E-state index contributed by atoms with van der Waals surface area (Å²) in [6.07, 6.45) is 0. The van der Waals surface area contributed by atoms with E-state index in [4.69, 9.17) is 21.1 Å². The third-order valence-electron chi connectivity index (χ3n) is 6.05. The van der Waals surface area contributed by atoms with Crippen molar-refractivity contribution in [2.75, 3.05) is 44.3 Å². The number of nitrogens with zero attached hydrogens (tertiary/aromatic N) is 2. The van der Waals surface area contributed by atoms with Crippen LogP contribution in [0.25, 0.3) is 0 Å². The molecule has 3 aromatic rings. The van der Waals surface area contributed by atoms with E-state index in [1.165, 1.54) is 30.9 Å². The van der Waals surface area contributed by atoms with Crippen LogP contribution in [-0.4, -0.2) is 59.2 Å². The first-order valence-corrected chi connectivity index (χ1v) is 13.7. The topological polar surface area (TPSA) is 88.2 Å². The van der Waals surface area contributed by atoms with Crippen molar-refractivity contribution < 1.29 is 22.7 Å². The minimum Gasteiger partial charge on any atom is -0.497 e. The second-order valence-electron chi connectivity index (χ2n) is 8.65. The van der Waals surface area contributed by atoms with Crippen LogP contribution in [0.3, 0.4) is 0 Å². The standard InChI is InChI=1S/C27H30ClN3O5S/c1-35-25-9-11-26(12-10-25)37(33,34)31(24-4-2-3-23(28)17-24)20-27(32)29-18-21-5-7-22(8-6-21)19-30-13-15-36-16-14-30/h2-12,17H,13-16,18-20H2,1H3,(H,29,32). The maximum atomic E-state index is 13.5. The molecule has 1 fully saturated rings. The number of carbonyl (C=O) groups is 1. The molecule has 1 amide bonds. The average molecular weight is 544 g/mol. The van der Waals surface area contributed by atoms with Gasteiger partial charge in [-0.05, 0) is 53.6 Å². The summed E-state index contributed by atoms with van der Waals surface area (Å²) in [7, 11) is -2.55. The molecule has 196 valence electrons. The number of hydrogen-bond donors (Lipinski definition) is 1. The summed E-state index contributed by atoms with van der Waals surface area (Å²) < 4.78 is 38.6. The first-order chi connectivity index (χ1) is 17.8. The SMILES string of the molecule is COc1ccc(S(=O)(=O)N(CC(=O)NCc2ccc(CN3CCOCC3)cc2)c2cccc(Cl)c2)cc1. The van der Waals surface area contributed by atoms with Gasteiger partial charge in [-0.3, -0.25) is 14.0 Å². The molecule has 10 heteroatoms. The van der Waals surface area contributed by atoms with Gasteiger partial charge in [-0.15, -0.1) is 0 Å². The zero-order valence-corrected chi connectivity index (χ0v) is 22.2. The van der Waals surface area contributed by atoms with Crippen molar-refractivity contribution >= 4 is 33.2 Å². The Bertz CT molecular complexity index is 1290. The molecule has 1 heterocycles. The lowest BCUT2D eigenvalue weighted by molar-refractivity contribution is -0.119. The van der Waals surface area contributed by atoms with E-state index in [-0.39, 0.29) is 11.4 Å². The number of anilines is 1. The number of sulfonamides is 1. The quantitative estimate of drug-likeness (QED) is 0.419. The highest BCUT2D eigenvalue weighted by Gasteiger charge is 2.27. The van der Waals surface area contributed by atoms with Gasteiger partial charge >= 0.3 is 0 Å². The molecule has 0 unspecified atom stereocenters. The van der Waals surface area contributed by atoms with Crippen LogP contribution in [0.15, 0.2) is 77.7 Å². The van der Waals surface area contributed by atoms with Gasteiger partial charge in [-0.25, -0.2) is 8.42 Å². The summed E-state index contributed by atoms with van der Waals surface area (Å²) in [6, 6.07) is 20.5. The van der Waals surface area contributed by atoms with Crippen LogP contribution in [0, 0.1) is 0 Å². The Labute approximate surface area is 222 Å². The lowest BCUT2D eigenvalue weighted by Gasteiger charge is -2.26. The number of nitrogens with one attached hydrogen (secondary N) is 1. The molecule has 3 aromatic carbocycles. The molecule has 1 saturated heterocycles. The second-order valence-corrected chi connectivity index (χ2v) is 10.9. The first-order valence-electron chi connectivity index (χ1n) is 11.9. The van der Waals surface area contributed by atoms with Gasteiger partial charge in [0.25, 0.3) is 10.0 Å². The third-order valence-corrected chi connectivity index (χ3v) is 8.08. The van der Waals surface area contributed by atoms with E-state index < -0.39 is 22.5 Å². The molecule has 8 nitrogen and oxygen atoms in total. The Hall–Kier alpha value is -3.11. The van der Waals surface area contributed by atoms with Crippen molar-refractivity contribution in [1.82, 2.24) is 10.2 Å². The minimum atomic E-state index is -4.05. The van der Waals surface area contributed by atoms with Crippen LogP contribution < -0.4 is 14.4 Å². The molecular formula is C27H30ClN3O5S. The van der Waals surface area contributed by atoms with E-state index >= 15 is 0 Å². The highest BCUT2D eigenvalue weighted by Crippen LogP contribution is 2.27. The number of benzene rings is 3. The van der Waals surface area contributed by atoms with Gasteiger partial charge in [0.1, 0.15) is 12.3 Å². The molecule has 0 saturated carbocycles. The van der Waals surface area contributed by atoms with Crippen molar-refractivity contribution in [2.24, 2.45) is 0 Å². The van der Waals surface area contributed by atoms with Crippen LogP contribution in [0.4, 0.5) is 5.69 Å². The number of amides is 1. The van der Waals surface area contributed by atoms with Crippen LogP contribution >= 0.6 is 11.6 Å². The van der Waals surface area contributed by atoms with Crippen LogP contribution in [0.1, 0.15) is 11.1 Å². The van der Waals surface area contributed by atoms with Gasteiger partial charge in [-0.1, -0.05) is 41.9 Å². The van der Waals surface area contributed by atoms with Crippen molar-refractivity contribution in [2.45, 2.75) is 18.0 Å². The number of methoxy groups -OCH3 is 1.